The molecule has 4 rings (SSSR count). The molecule has 4 heterocycles. The van der Waals surface area contributed by atoms with Gasteiger partial charge in [0.1, 0.15) is 0 Å². The van der Waals surface area contributed by atoms with Crippen LogP contribution in [0.4, 0.5) is 0 Å². The molecule has 8 heteroatoms. The first-order chi connectivity index (χ1) is 11.5. The predicted molar refractivity (Wildman–Crippen MR) is 80.7 cm³/mol. The van der Waals surface area contributed by atoms with E-state index >= 15 is 0 Å². The number of rotatable bonds is 0. The van der Waals surface area contributed by atoms with Crippen molar-refractivity contribution in [2.24, 2.45) is 10.8 Å². The fraction of sp³-hybridized carbons (Fsp3) is 0.875. The Morgan fingerprint density at radius 1 is 0.750 bits per heavy atom. The number of piperidine rings is 2. The van der Waals surface area contributed by atoms with Crippen molar-refractivity contribution < 1.29 is 29.3 Å². The van der Waals surface area contributed by atoms with Gasteiger partial charge in [0.25, 0.3) is 0 Å². The van der Waals surface area contributed by atoms with Crippen LogP contribution >= 0.6 is 0 Å². The molecule has 2 N–H and O–H groups in total. The highest BCUT2D eigenvalue weighted by molar-refractivity contribution is 6.25. The van der Waals surface area contributed by atoms with Crippen LogP contribution in [0.25, 0.3) is 0 Å². The van der Waals surface area contributed by atoms with Crippen molar-refractivity contribution in [3.63, 3.8) is 0 Å². The Bertz CT molecular complexity index is 378. The zero-order chi connectivity index (χ0) is 17.5. The van der Waals surface area contributed by atoms with Crippen LogP contribution < -0.4 is 20.8 Å². The fourth-order valence-corrected chi connectivity index (χ4v) is 3.33. The van der Waals surface area contributed by atoms with Crippen LogP contribution in [0.5, 0.6) is 0 Å². The van der Waals surface area contributed by atoms with Gasteiger partial charge in [-0.15, -0.1) is 0 Å². The van der Waals surface area contributed by atoms with E-state index in [4.69, 9.17) is 29.3 Å². The molecule has 0 aliphatic carbocycles. The molecule has 0 atom stereocenters. The maximum atomic E-state index is 8.93. The van der Waals surface area contributed by atoms with Crippen LogP contribution in [0.1, 0.15) is 25.7 Å². The smallest absolute Gasteiger partial charge is 0.0870 e. The highest BCUT2D eigenvalue weighted by Gasteiger charge is 2.39. The molecule has 0 saturated carbocycles. The molecule has 2 spiro atoms. The average Bonchev–Trinajstić information content (AvgIpc) is 2.55. The molecule has 0 bridgehead atoms. The normalized spacial score (nSPS) is 25.8. The summed E-state index contributed by atoms with van der Waals surface area (Å²) in [5.41, 5.74) is 1.14. The largest absolute Gasteiger partial charge is 0.543 e. The zero-order valence-corrected chi connectivity index (χ0v) is 13.9. The van der Waals surface area contributed by atoms with Gasteiger partial charge in [-0.3, -0.25) is 0 Å². The Morgan fingerprint density at radius 3 is 1.25 bits per heavy atom. The van der Waals surface area contributed by atoms with Crippen LogP contribution in [0.15, 0.2) is 0 Å². The van der Waals surface area contributed by atoms with Gasteiger partial charge in [0, 0.05) is 23.9 Å². The van der Waals surface area contributed by atoms with Gasteiger partial charge in [-0.1, -0.05) is 0 Å². The third-order valence-corrected chi connectivity index (χ3v) is 4.92. The molecule has 24 heavy (non-hydrogen) atoms. The maximum absolute atomic E-state index is 8.93. The van der Waals surface area contributed by atoms with Crippen LogP contribution in [0.2, 0.25) is 0 Å². The number of carboxylic acid groups (broad SMARTS) is 2. The Morgan fingerprint density at radius 2 is 1.12 bits per heavy atom. The van der Waals surface area contributed by atoms with E-state index < -0.39 is 11.9 Å². The molecule has 8 nitrogen and oxygen atoms in total. The second-order valence-electron chi connectivity index (χ2n) is 7.12. The molecular formula is C16H26N2O6-2. The SMILES string of the molecule is C1CNCC2(C1)COC2.C1CNCC2(C1)COC2.O=C([O-])C(=O)[O-]. The first-order valence-electron chi connectivity index (χ1n) is 8.46. The number of hydrogen-bond donors (Lipinski definition) is 2. The minimum atomic E-state index is -2.19. The van der Waals surface area contributed by atoms with E-state index in [2.05, 4.69) is 10.6 Å². The fourth-order valence-electron chi connectivity index (χ4n) is 3.33. The quantitative estimate of drug-likeness (QED) is 0.455. The Hall–Kier alpha value is -1.22. The summed E-state index contributed by atoms with van der Waals surface area (Å²) in [7, 11) is 0. The van der Waals surface area contributed by atoms with Gasteiger partial charge in [0.2, 0.25) is 0 Å². The number of nitrogens with one attached hydrogen (secondary N) is 2. The molecule has 4 aliphatic rings. The molecule has 0 radical (unpaired) electrons. The van der Waals surface area contributed by atoms with Crippen molar-refractivity contribution in [1.29, 1.82) is 0 Å². The van der Waals surface area contributed by atoms with Crippen LogP contribution in [0.3, 0.4) is 0 Å². The standard InChI is InChI=1S/2C7H13NO.C2H2O4/c2*1-2-7(4-8-3-1)5-9-6-7;3-1(4)2(5)6/h2*8H,1-6H2;(H,3,4)(H,5,6)/p-2. The summed E-state index contributed by atoms with van der Waals surface area (Å²) in [5, 5.41) is 24.6. The van der Waals surface area contributed by atoms with Crippen molar-refractivity contribution in [1.82, 2.24) is 10.6 Å². The lowest BCUT2D eigenvalue weighted by molar-refractivity contribution is -0.345. The van der Waals surface area contributed by atoms with Crippen molar-refractivity contribution in [3.05, 3.63) is 0 Å². The number of carboxylic acids is 2. The van der Waals surface area contributed by atoms with Gasteiger partial charge in [0.15, 0.2) is 0 Å². The Kier molecular flexibility index (Phi) is 6.97. The van der Waals surface area contributed by atoms with Crippen LogP contribution in [-0.2, 0) is 19.1 Å². The second-order valence-corrected chi connectivity index (χ2v) is 7.12. The summed E-state index contributed by atoms with van der Waals surface area (Å²) in [5.74, 6) is -4.37. The van der Waals surface area contributed by atoms with Crippen molar-refractivity contribution in [2.75, 3.05) is 52.6 Å². The highest BCUT2D eigenvalue weighted by Crippen LogP contribution is 2.34. The van der Waals surface area contributed by atoms with Crippen molar-refractivity contribution in [2.45, 2.75) is 25.7 Å². The molecule has 4 aliphatic heterocycles. The van der Waals surface area contributed by atoms with Gasteiger partial charge < -0.3 is 39.9 Å². The second kappa shape index (κ2) is 8.75. The molecule has 138 valence electrons. The average molecular weight is 342 g/mol. The topological polar surface area (TPSA) is 123 Å². The summed E-state index contributed by atoms with van der Waals surface area (Å²) in [6.07, 6.45) is 5.42. The van der Waals surface area contributed by atoms with Gasteiger partial charge >= 0.3 is 0 Å². The predicted octanol–water partition coefficient (Wildman–Crippen LogP) is -2.74. The summed E-state index contributed by atoms with van der Waals surface area (Å²) in [4.78, 5) is 17.9. The minimum Gasteiger partial charge on any atom is -0.543 e. The first kappa shape index (κ1) is 19.1. The zero-order valence-electron chi connectivity index (χ0n) is 13.9. The number of carbonyl (C=O) groups excluding carboxylic acids is 2. The van der Waals surface area contributed by atoms with E-state index in [1.807, 2.05) is 0 Å². The minimum absolute atomic E-state index is 0.568. The van der Waals surface area contributed by atoms with E-state index in [0.717, 1.165) is 26.4 Å². The monoisotopic (exact) mass is 342 g/mol. The summed E-state index contributed by atoms with van der Waals surface area (Å²) in [6.45, 7) is 8.80. The summed E-state index contributed by atoms with van der Waals surface area (Å²) >= 11 is 0. The van der Waals surface area contributed by atoms with E-state index in [-0.39, 0.29) is 0 Å². The Balaban J connectivity index is 0.000000134. The molecule has 4 saturated heterocycles. The third-order valence-electron chi connectivity index (χ3n) is 4.92. The van der Waals surface area contributed by atoms with Gasteiger partial charge in [-0.2, -0.15) is 0 Å². The number of aliphatic carboxylic acids is 2. The van der Waals surface area contributed by atoms with E-state index in [9.17, 15) is 0 Å². The van der Waals surface area contributed by atoms with Gasteiger partial charge in [-0.25, -0.2) is 0 Å². The van der Waals surface area contributed by atoms with Crippen LogP contribution in [0, 0.1) is 10.8 Å². The highest BCUT2D eigenvalue weighted by atomic mass is 16.5. The van der Waals surface area contributed by atoms with E-state index in [1.165, 1.54) is 51.9 Å². The molecule has 0 aromatic carbocycles. The molecule has 0 aromatic heterocycles. The number of hydrogen-bond acceptors (Lipinski definition) is 8. The number of ether oxygens (including phenoxy) is 2. The van der Waals surface area contributed by atoms with Crippen molar-refractivity contribution >= 4 is 11.9 Å². The molecular weight excluding hydrogens is 316 g/mol. The lowest BCUT2D eigenvalue weighted by Crippen LogP contribution is -2.52. The Labute approximate surface area is 141 Å². The maximum Gasteiger partial charge on any atom is 0.0870 e. The molecule has 4 fully saturated rings. The lowest BCUT2D eigenvalue weighted by atomic mass is 9.79. The molecule has 0 aromatic rings. The van der Waals surface area contributed by atoms with E-state index in [0.29, 0.717) is 10.8 Å². The summed E-state index contributed by atoms with van der Waals surface area (Å²) < 4.78 is 10.4. The van der Waals surface area contributed by atoms with E-state index in [1.54, 1.807) is 0 Å². The third kappa shape index (κ3) is 5.41. The molecule has 0 unspecified atom stereocenters. The lowest BCUT2D eigenvalue weighted by Gasteiger charge is -2.44. The van der Waals surface area contributed by atoms with Gasteiger partial charge in [-0.05, 0) is 38.8 Å². The van der Waals surface area contributed by atoms with Crippen LogP contribution in [-0.4, -0.2) is 64.5 Å². The number of carbonyl (C=O) groups is 2. The first-order valence-corrected chi connectivity index (χ1v) is 8.46. The summed E-state index contributed by atoms with van der Waals surface area (Å²) in [6, 6.07) is 0. The van der Waals surface area contributed by atoms with Crippen molar-refractivity contribution in [3.8, 4) is 0 Å². The molecule has 0 amide bonds. The van der Waals surface area contributed by atoms with Gasteiger partial charge in [0.05, 0.1) is 38.4 Å².